The van der Waals surface area contributed by atoms with Crippen molar-refractivity contribution in [1.29, 1.82) is 0 Å². The van der Waals surface area contributed by atoms with Crippen LogP contribution in [0.2, 0.25) is 0 Å². The standard InChI is InChI=1S/C17H20N6O3S2/c1-5-14-19-21-16(28-14)18-13(24)9-27-17-22-20-15(23(17)2)10-6-7-11(25-3)12(8-10)26-4/h6-8H,5,9H2,1-4H3,(H,18,21,24). The van der Waals surface area contributed by atoms with E-state index in [2.05, 4.69) is 25.7 Å². The summed E-state index contributed by atoms with van der Waals surface area (Å²) < 4.78 is 12.4. The van der Waals surface area contributed by atoms with Crippen molar-refractivity contribution in [2.75, 3.05) is 25.3 Å². The third-order valence-electron chi connectivity index (χ3n) is 3.82. The van der Waals surface area contributed by atoms with Gasteiger partial charge in [-0.1, -0.05) is 30.0 Å². The number of hydrogen-bond donors (Lipinski definition) is 1. The number of aromatic nitrogens is 5. The van der Waals surface area contributed by atoms with Crippen LogP contribution in [-0.2, 0) is 18.3 Å². The molecule has 0 aliphatic heterocycles. The van der Waals surface area contributed by atoms with E-state index in [4.69, 9.17) is 9.47 Å². The predicted molar refractivity (Wildman–Crippen MR) is 108 cm³/mol. The second kappa shape index (κ2) is 9.02. The number of nitrogens with one attached hydrogen (secondary N) is 1. The van der Waals surface area contributed by atoms with Crippen molar-refractivity contribution in [1.82, 2.24) is 25.0 Å². The molecule has 0 atom stereocenters. The van der Waals surface area contributed by atoms with Crippen LogP contribution in [0.4, 0.5) is 5.13 Å². The van der Waals surface area contributed by atoms with Gasteiger partial charge in [-0.05, 0) is 24.6 Å². The van der Waals surface area contributed by atoms with Crippen molar-refractivity contribution >= 4 is 34.1 Å². The van der Waals surface area contributed by atoms with Gasteiger partial charge in [-0.25, -0.2) is 0 Å². The first-order valence-electron chi connectivity index (χ1n) is 8.42. The number of carbonyl (C=O) groups is 1. The number of ether oxygens (including phenoxy) is 2. The van der Waals surface area contributed by atoms with Gasteiger partial charge in [0.05, 0.1) is 20.0 Å². The van der Waals surface area contributed by atoms with Gasteiger partial charge in [0, 0.05) is 12.6 Å². The van der Waals surface area contributed by atoms with E-state index < -0.39 is 0 Å². The lowest BCUT2D eigenvalue weighted by Crippen LogP contribution is -2.14. The Kier molecular flexibility index (Phi) is 6.47. The number of amides is 1. The summed E-state index contributed by atoms with van der Waals surface area (Å²) in [7, 11) is 5.02. The van der Waals surface area contributed by atoms with Crippen molar-refractivity contribution in [2.45, 2.75) is 18.5 Å². The Balaban J connectivity index is 1.67. The van der Waals surface area contributed by atoms with E-state index in [1.807, 2.05) is 36.7 Å². The van der Waals surface area contributed by atoms with Crippen LogP contribution in [0.5, 0.6) is 11.5 Å². The Labute approximate surface area is 170 Å². The molecule has 0 saturated carbocycles. The third-order valence-corrected chi connectivity index (χ3v) is 5.83. The number of thioether (sulfide) groups is 1. The van der Waals surface area contributed by atoms with Gasteiger partial charge in [-0.3, -0.25) is 10.1 Å². The normalized spacial score (nSPS) is 10.7. The van der Waals surface area contributed by atoms with Crippen LogP contribution < -0.4 is 14.8 Å². The lowest BCUT2D eigenvalue weighted by Gasteiger charge is -2.09. The number of benzene rings is 1. The van der Waals surface area contributed by atoms with Crippen LogP contribution in [0.1, 0.15) is 11.9 Å². The molecule has 0 unspecified atom stereocenters. The number of rotatable bonds is 8. The smallest absolute Gasteiger partial charge is 0.236 e. The fourth-order valence-corrected chi connectivity index (χ4v) is 3.81. The zero-order chi connectivity index (χ0) is 20.1. The zero-order valence-electron chi connectivity index (χ0n) is 15.9. The highest BCUT2D eigenvalue weighted by Crippen LogP contribution is 2.32. The number of hydrogen-bond acceptors (Lipinski definition) is 9. The number of nitrogens with zero attached hydrogens (tertiary/aromatic N) is 5. The van der Waals surface area contributed by atoms with E-state index in [0.717, 1.165) is 17.0 Å². The molecule has 3 aromatic rings. The second-order valence-electron chi connectivity index (χ2n) is 5.63. The molecule has 0 bridgehead atoms. The first kappa shape index (κ1) is 20.1. The summed E-state index contributed by atoms with van der Waals surface area (Å²) in [6, 6.07) is 5.54. The molecule has 0 aliphatic rings. The van der Waals surface area contributed by atoms with Gasteiger partial charge in [0.2, 0.25) is 11.0 Å². The maximum atomic E-state index is 12.1. The average Bonchev–Trinajstić information content (AvgIpc) is 3.32. The molecular weight excluding hydrogens is 400 g/mol. The van der Waals surface area contributed by atoms with E-state index in [9.17, 15) is 4.79 Å². The van der Waals surface area contributed by atoms with E-state index in [0.29, 0.717) is 27.6 Å². The summed E-state index contributed by atoms with van der Waals surface area (Å²) in [5.74, 6) is 1.95. The van der Waals surface area contributed by atoms with Gasteiger partial charge < -0.3 is 14.0 Å². The predicted octanol–water partition coefficient (Wildman–Crippen LogP) is 2.64. The molecule has 0 fully saturated rings. The SMILES string of the molecule is CCc1nnc(NC(=O)CSc2nnc(-c3ccc(OC)c(OC)c3)n2C)s1. The van der Waals surface area contributed by atoms with Gasteiger partial charge in [-0.15, -0.1) is 20.4 Å². The quantitative estimate of drug-likeness (QED) is 0.555. The highest BCUT2D eigenvalue weighted by atomic mass is 32.2. The van der Waals surface area contributed by atoms with Gasteiger partial charge in [-0.2, -0.15) is 0 Å². The lowest BCUT2D eigenvalue weighted by atomic mass is 10.2. The summed E-state index contributed by atoms with van der Waals surface area (Å²) >= 11 is 2.67. The number of anilines is 1. The topological polar surface area (TPSA) is 104 Å². The molecule has 11 heteroatoms. The molecule has 0 aliphatic carbocycles. The fraction of sp³-hybridized carbons (Fsp3) is 0.353. The monoisotopic (exact) mass is 420 g/mol. The highest BCUT2D eigenvalue weighted by molar-refractivity contribution is 7.99. The molecule has 148 valence electrons. The van der Waals surface area contributed by atoms with Crippen LogP contribution >= 0.6 is 23.1 Å². The van der Waals surface area contributed by atoms with Crippen molar-refractivity contribution in [3.63, 3.8) is 0 Å². The van der Waals surface area contributed by atoms with E-state index in [1.54, 1.807) is 14.2 Å². The third kappa shape index (κ3) is 4.42. The Hall–Kier alpha value is -2.66. The Morgan fingerprint density at radius 3 is 2.64 bits per heavy atom. The molecule has 1 N–H and O–H groups in total. The van der Waals surface area contributed by atoms with Crippen LogP contribution in [0.25, 0.3) is 11.4 Å². The molecule has 3 rings (SSSR count). The molecule has 0 saturated heterocycles. The van der Waals surface area contributed by atoms with Crippen LogP contribution in [0.3, 0.4) is 0 Å². The molecular formula is C17H20N6O3S2. The van der Waals surface area contributed by atoms with Crippen molar-refractivity contribution in [3.8, 4) is 22.9 Å². The highest BCUT2D eigenvalue weighted by Gasteiger charge is 2.15. The maximum absolute atomic E-state index is 12.1. The van der Waals surface area contributed by atoms with Crippen LogP contribution in [-0.4, -0.2) is 50.8 Å². The Bertz CT molecular complexity index is 972. The Morgan fingerprint density at radius 2 is 1.96 bits per heavy atom. The minimum atomic E-state index is -0.167. The molecule has 0 radical (unpaired) electrons. The van der Waals surface area contributed by atoms with Crippen molar-refractivity contribution < 1.29 is 14.3 Å². The summed E-state index contributed by atoms with van der Waals surface area (Å²) in [5.41, 5.74) is 0.838. The number of methoxy groups -OCH3 is 2. The van der Waals surface area contributed by atoms with Gasteiger partial charge in [0.1, 0.15) is 5.01 Å². The van der Waals surface area contributed by atoms with E-state index in [1.165, 1.54) is 23.1 Å². The van der Waals surface area contributed by atoms with E-state index in [-0.39, 0.29) is 11.7 Å². The summed E-state index contributed by atoms with van der Waals surface area (Å²) in [5, 5.41) is 21.1. The summed E-state index contributed by atoms with van der Waals surface area (Å²) in [6.07, 6.45) is 0.792. The zero-order valence-corrected chi connectivity index (χ0v) is 17.6. The molecule has 0 spiro atoms. The van der Waals surface area contributed by atoms with Gasteiger partial charge in [0.25, 0.3) is 0 Å². The average molecular weight is 421 g/mol. The molecule has 1 aromatic carbocycles. The summed E-state index contributed by atoms with van der Waals surface area (Å²) in [4.78, 5) is 12.1. The lowest BCUT2D eigenvalue weighted by molar-refractivity contribution is -0.113. The second-order valence-corrected chi connectivity index (χ2v) is 7.63. The number of carbonyl (C=O) groups excluding carboxylic acids is 1. The van der Waals surface area contributed by atoms with Crippen molar-refractivity contribution in [2.24, 2.45) is 7.05 Å². The molecule has 1 amide bonds. The van der Waals surface area contributed by atoms with E-state index >= 15 is 0 Å². The summed E-state index contributed by atoms with van der Waals surface area (Å²) in [6.45, 7) is 1.99. The van der Waals surface area contributed by atoms with Crippen molar-refractivity contribution in [3.05, 3.63) is 23.2 Å². The van der Waals surface area contributed by atoms with Crippen LogP contribution in [0.15, 0.2) is 23.4 Å². The Morgan fingerprint density at radius 1 is 1.18 bits per heavy atom. The minimum Gasteiger partial charge on any atom is -0.493 e. The minimum absolute atomic E-state index is 0.167. The molecule has 28 heavy (non-hydrogen) atoms. The van der Waals surface area contributed by atoms with Gasteiger partial charge >= 0.3 is 0 Å². The fourth-order valence-electron chi connectivity index (χ4n) is 2.40. The first-order valence-corrected chi connectivity index (χ1v) is 10.2. The number of aryl methyl sites for hydroxylation is 1. The molecule has 2 aromatic heterocycles. The largest absolute Gasteiger partial charge is 0.493 e. The molecule has 9 nitrogen and oxygen atoms in total. The maximum Gasteiger partial charge on any atom is 0.236 e. The van der Waals surface area contributed by atoms with Gasteiger partial charge in [0.15, 0.2) is 22.5 Å². The first-order chi connectivity index (χ1) is 13.5. The molecule has 2 heterocycles. The van der Waals surface area contributed by atoms with Crippen LogP contribution in [0, 0.1) is 0 Å².